The van der Waals surface area contributed by atoms with Gasteiger partial charge in [0, 0.05) is 25.3 Å². The highest BCUT2D eigenvalue weighted by Crippen LogP contribution is 2.23. The average Bonchev–Trinajstić information content (AvgIpc) is 3.01. The highest BCUT2D eigenvalue weighted by molar-refractivity contribution is 7.19. The van der Waals surface area contributed by atoms with Crippen molar-refractivity contribution in [2.75, 3.05) is 36.2 Å². The van der Waals surface area contributed by atoms with Crippen LogP contribution in [0.4, 0.5) is 20.7 Å². The minimum atomic E-state index is -0.364. The fourth-order valence-corrected chi connectivity index (χ4v) is 2.60. The fraction of sp³-hybridized carbons (Fsp3) is 0.400. The molecule has 2 rings (SSSR count). The molecule has 1 aromatic heterocycles. The Kier molecular flexibility index (Phi) is 6.16. The molecule has 1 aromatic carbocycles. The summed E-state index contributed by atoms with van der Waals surface area (Å²) in [7, 11) is 3.55. The number of hydrogen-bond donors (Lipinski definition) is 2. The Morgan fingerprint density at radius 2 is 2.17 bits per heavy atom. The van der Waals surface area contributed by atoms with Crippen molar-refractivity contribution in [1.29, 1.82) is 0 Å². The lowest BCUT2D eigenvalue weighted by Crippen LogP contribution is -2.19. The maximum Gasteiger partial charge on any atom is 0.325 e. The van der Waals surface area contributed by atoms with Crippen LogP contribution in [0.25, 0.3) is 0 Å². The summed E-state index contributed by atoms with van der Waals surface area (Å²) < 4.78 is 5.12. The van der Waals surface area contributed by atoms with Gasteiger partial charge in [0.05, 0.1) is 7.11 Å². The SMILES string of the molecule is CCCCN(C)c1nnc(NC(=O)Nc2cccc(OC)c2)s1. The maximum absolute atomic E-state index is 12.0. The molecule has 0 aliphatic rings. The Hall–Kier alpha value is -2.35. The second-order valence-corrected chi connectivity index (χ2v) is 5.93. The molecule has 0 fully saturated rings. The molecule has 0 saturated heterocycles. The molecule has 0 aliphatic heterocycles. The molecule has 0 radical (unpaired) electrons. The molecule has 124 valence electrons. The Morgan fingerprint density at radius 3 is 2.91 bits per heavy atom. The number of carbonyl (C=O) groups excluding carboxylic acids is 1. The number of rotatable bonds is 7. The van der Waals surface area contributed by atoms with Crippen molar-refractivity contribution in [3.8, 4) is 5.75 Å². The monoisotopic (exact) mass is 335 g/mol. The number of amides is 2. The van der Waals surface area contributed by atoms with Crippen LogP contribution in [0.1, 0.15) is 19.8 Å². The number of nitrogens with one attached hydrogen (secondary N) is 2. The molecule has 0 bridgehead atoms. The van der Waals surface area contributed by atoms with Crippen LogP contribution in [0.5, 0.6) is 5.75 Å². The lowest BCUT2D eigenvalue weighted by Gasteiger charge is -2.13. The molecule has 2 amide bonds. The first kappa shape index (κ1) is 17.0. The van der Waals surface area contributed by atoms with Gasteiger partial charge in [0.15, 0.2) is 0 Å². The van der Waals surface area contributed by atoms with Gasteiger partial charge in [-0.15, -0.1) is 10.2 Å². The standard InChI is InChI=1S/C15H21N5O2S/c1-4-5-9-20(2)15-19-18-14(23-15)17-13(21)16-11-7-6-8-12(10-11)22-3/h6-8,10H,4-5,9H2,1-3H3,(H2,16,17,18,21). The number of methoxy groups -OCH3 is 1. The number of aromatic nitrogens is 2. The first-order valence-corrected chi connectivity index (χ1v) is 8.20. The van der Waals surface area contributed by atoms with Crippen LogP contribution in [-0.2, 0) is 0 Å². The summed E-state index contributed by atoms with van der Waals surface area (Å²) in [6.07, 6.45) is 2.21. The summed E-state index contributed by atoms with van der Waals surface area (Å²) in [6, 6.07) is 6.78. The number of carbonyl (C=O) groups is 1. The zero-order valence-electron chi connectivity index (χ0n) is 13.5. The van der Waals surface area contributed by atoms with E-state index in [4.69, 9.17) is 4.74 Å². The van der Waals surface area contributed by atoms with Crippen molar-refractivity contribution in [3.63, 3.8) is 0 Å². The normalized spacial score (nSPS) is 10.2. The van der Waals surface area contributed by atoms with Crippen LogP contribution >= 0.6 is 11.3 Å². The smallest absolute Gasteiger partial charge is 0.325 e. The average molecular weight is 335 g/mol. The first-order valence-electron chi connectivity index (χ1n) is 7.39. The minimum absolute atomic E-state index is 0.364. The molecular weight excluding hydrogens is 314 g/mol. The summed E-state index contributed by atoms with van der Waals surface area (Å²) in [4.78, 5) is 14.0. The van der Waals surface area contributed by atoms with Crippen molar-refractivity contribution < 1.29 is 9.53 Å². The quantitative estimate of drug-likeness (QED) is 0.810. The number of nitrogens with zero attached hydrogens (tertiary/aromatic N) is 3. The van der Waals surface area contributed by atoms with Gasteiger partial charge in [-0.2, -0.15) is 0 Å². The second-order valence-electron chi connectivity index (χ2n) is 4.98. The van der Waals surface area contributed by atoms with Crippen LogP contribution in [0, 0.1) is 0 Å². The molecule has 23 heavy (non-hydrogen) atoms. The van der Waals surface area contributed by atoms with Gasteiger partial charge in [0.2, 0.25) is 10.3 Å². The second kappa shape index (κ2) is 8.33. The Bertz CT molecular complexity index is 646. The largest absolute Gasteiger partial charge is 0.497 e. The van der Waals surface area contributed by atoms with Gasteiger partial charge in [0.25, 0.3) is 0 Å². The highest BCUT2D eigenvalue weighted by Gasteiger charge is 2.11. The summed E-state index contributed by atoms with van der Waals surface area (Å²) in [5.74, 6) is 0.679. The van der Waals surface area contributed by atoms with Gasteiger partial charge in [-0.05, 0) is 18.6 Å². The van der Waals surface area contributed by atoms with Crippen LogP contribution in [0.15, 0.2) is 24.3 Å². The molecule has 0 unspecified atom stereocenters. The zero-order valence-corrected chi connectivity index (χ0v) is 14.3. The lowest BCUT2D eigenvalue weighted by atomic mass is 10.3. The van der Waals surface area contributed by atoms with Gasteiger partial charge in [0.1, 0.15) is 5.75 Å². The van der Waals surface area contributed by atoms with E-state index in [1.54, 1.807) is 25.3 Å². The highest BCUT2D eigenvalue weighted by atomic mass is 32.1. The van der Waals surface area contributed by atoms with E-state index in [2.05, 4.69) is 27.8 Å². The van der Waals surface area contributed by atoms with E-state index in [9.17, 15) is 4.79 Å². The summed E-state index contributed by atoms with van der Waals surface area (Å²) in [6.45, 7) is 3.06. The van der Waals surface area contributed by atoms with Crippen LogP contribution in [0.2, 0.25) is 0 Å². The molecular formula is C15H21N5O2S. The van der Waals surface area contributed by atoms with E-state index in [0.717, 1.165) is 24.5 Å². The van der Waals surface area contributed by atoms with Crippen molar-refractivity contribution in [1.82, 2.24) is 10.2 Å². The summed E-state index contributed by atoms with van der Waals surface area (Å²) >= 11 is 1.35. The molecule has 7 nitrogen and oxygen atoms in total. The number of ether oxygens (including phenoxy) is 1. The van der Waals surface area contributed by atoms with Crippen LogP contribution < -0.4 is 20.3 Å². The third kappa shape index (κ3) is 5.10. The van der Waals surface area contributed by atoms with E-state index in [1.165, 1.54) is 11.3 Å². The Morgan fingerprint density at radius 1 is 1.35 bits per heavy atom. The van der Waals surface area contributed by atoms with Crippen molar-refractivity contribution >= 4 is 33.3 Å². The summed E-state index contributed by atoms with van der Waals surface area (Å²) in [5, 5.41) is 14.7. The fourth-order valence-electron chi connectivity index (χ4n) is 1.87. The van der Waals surface area contributed by atoms with E-state index in [0.29, 0.717) is 16.6 Å². The Balaban J connectivity index is 1.91. The Labute approximate surface area is 139 Å². The van der Waals surface area contributed by atoms with Gasteiger partial charge in [-0.3, -0.25) is 5.32 Å². The zero-order chi connectivity index (χ0) is 16.7. The molecule has 1 heterocycles. The molecule has 0 spiro atoms. The molecule has 0 atom stereocenters. The topological polar surface area (TPSA) is 79.4 Å². The maximum atomic E-state index is 12.0. The third-order valence-corrected chi connectivity index (χ3v) is 4.09. The molecule has 2 N–H and O–H groups in total. The van der Waals surface area contributed by atoms with E-state index < -0.39 is 0 Å². The summed E-state index contributed by atoms with van der Waals surface area (Å²) in [5.41, 5.74) is 0.645. The lowest BCUT2D eigenvalue weighted by molar-refractivity contribution is 0.262. The van der Waals surface area contributed by atoms with Crippen LogP contribution in [0.3, 0.4) is 0 Å². The third-order valence-electron chi connectivity index (χ3n) is 3.14. The van der Waals surface area contributed by atoms with Gasteiger partial charge in [-0.25, -0.2) is 4.79 Å². The molecule has 0 saturated carbocycles. The number of urea groups is 1. The number of hydrogen-bond acceptors (Lipinski definition) is 6. The van der Waals surface area contributed by atoms with Crippen molar-refractivity contribution in [2.24, 2.45) is 0 Å². The van der Waals surface area contributed by atoms with E-state index in [1.807, 2.05) is 18.0 Å². The predicted molar refractivity (Wildman–Crippen MR) is 93.7 cm³/mol. The number of benzene rings is 1. The number of unbranched alkanes of at least 4 members (excludes halogenated alkanes) is 1. The molecule has 0 aliphatic carbocycles. The minimum Gasteiger partial charge on any atom is -0.497 e. The van der Waals surface area contributed by atoms with E-state index >= 15 is 0 Å². The van der Waals surface area contributed by atoms with Gasteiger partial charge >= 0.3 is 6.03 Å². The van der Waals surface area contributed by atoms with Crippen molar-refractivity contribution in [3.05, 3.63) is 24.3 Å². The van der Waals surface area contributed by atoms with Gasteiger partial charge < -0.3 is 15.0 Å². The number of anilines is 3. The van der Waals surface area contributed by atoms with Gasteiger partial charge in [-0.1, -0.05) is 30.7 Å². The first-order chi connectivity index (χ1) is 11.1. The van der Waals surface area contributed by atoms with Crippen molar-refractivity contribution in [2.45, 2.75) is 19.8 Å². The van der Waals surface area contributed by atoms with Crippen LogP contribution in [-0.4, -0.2) is 36.9 Å². The molecule has 8 heteroatoms. The van der Waals surface area contributed by atoms with E-state index in [-0.39, 0.29) is 6.03 Å². The molecule has 2 aromatic rings. The predicted octanol–water partition coefficient (Wildman–Crippen LogP) is 3.43.